The molecule has 0 radical (unpaired) electrons. The van der Waals surface area contributed by atoms with Crippen LogP contribution in [0.3, 0.4) is 0 Å². The van der Waals surface area contributed by atoms with Crippen molar-refractivity contribution in [1.29, 1.82) is 0 Å². The molecule has 2 aromatic heterocycles. The Labute approximate surface area is 185 Å². The number of fused-ring (bicyclic) bond motifs is 1. The van der Waals surface area contributed by atoms with E-state index < -0.39 is 5.91 Å². The number of halogens is 2. The van der Waals surface area contributed by atoms with Crippen molar-refractivity contribution >= 4 is 67.8 Å². The molecule has 9 heteroatoms. The van der Waals surface area contributed by atoms with E-state index in [1.165, 1.54) is 24.7 Å². The van der Waals surface area contributed by atoms with Gasteiger partial charge < -0.3 is 19.8 Å². The highest BCUT2D eigenvalue weighted by Crippen LogP contribution is 2.37. The summed E-state index contributed by atoms with van der Waals surface area (Å²) in [5, 5.41) is 7.22. The molecule has 0 spiro atoms. The number of nitrogens with one attached hydrogen (secondary N) is 2. The lowest BCUT2D eigenvalue weighted by atomic mass is 10.2. The highest BCUT2D eigenvalue weighted by molar-refractivity contribution is 7.21. The zero-order chi connectivity index (χ0) is 21.3. The number of carbonyl (C=O) groups is 2. The SMILES string of the molecule is COc1cc(NC(=O)c2sc3cc(Cl)ccc3c2Cl)ccc1NC(=O)c1ccco1. The van der Waals surface area contributed by atoms with Crippen molar-refractivity contribution in [3.63, 3.8) is 0 Å². The van der Waals surface area contributed by atoms with Crippen molar-refractivity contribution in [2.24, 2.45) is 0 Å². The molecule has 6 nitrogen and oxygen atoms in total. The van der Waals surface area contributed by atoms with Gasteiger partial charge in [0.2, 0.25) is 0 Å². The number of furan rings is 1. The third-order valence-corrected chi connectivity index (χ3v) is 6.14. The second kappa shape index (κ2) is 8.39. The van der Waals surface area contributed by atoms with E-state index in [1.54, 1.807) is 48.5 Å². The average molecular weight is 461 g/mol. The van der Waals surface area contributed by atoms with E-state index >= 15 is 0 Å². The number of amides is 2. The highest BCUT2D eigenvalue weighted by Gasteiger charge is 2.19. The number of benzene rings is 2. The van der Waals surface area contributed by atoms with E-state index in [4.69, 9.17) is 32.4 Å². The zero-order valence-corrected chi connectivity index (χ0v) is 17.8. The molecule has 0 saturated carbocycles. The van der Waals surface area contributed by atoms with Crippen LogP contribution >= 0.6 is 34.5 Å². The summed E-state index contributed by atoms with van der Waals surface area (Å²) in [6, 6.07) is 13.3. The number of hydrogen-bond donors (Lipinski definition) is 2. The number of anilines is 2. The summed E-state index contributed by atoms with van der Waals surface area (Å²) in [7, 11) is 1.47. The first-order valence-corrected chi connectivity index (χ1v) is 10.3. The largest absolute Gasteiger partial charge is 0.494 e. The van der Waals surface area contributed by atoms with Gasteiger partial charge in [-0.15, -0.1) is 11.3 Å². The third-order valence-electron chi connectivity index (χ3n) is 4.25. The average Bonchev–Trinajstić information content (AvgIpc) is 3.37. The van der Waals surface area contributed by atoms with Gasteiger partial charge in [-0.1, -0.05) is 29.3 Å². The first kappa shape index (κ1) is 20.3. The topological polar surface area (TPSA) is 80.6 Å². The van der Waals surface area contributed by atoms with Crippen molar-refractivity contribution in [3.05, 3.63) is 75.5 Å². The molecule has 0 bridgehead atoms. The smallest absolute Gasteiger partial charge is 0.291 e. The van der Waals surface area contributed by atoms with Crippen molar-refractivity contribution < 1.29 is 18.7 Å². The molecule has 2 aromatic carbocycles. The van der Waals surface area contributed by atoms with Crippen molar-refractivity contribution in [1.82, 2.24) is 0 Å². The van der Waals surface area contributed by atoms with Crippen LogP contribution in [0.1, 0.15) is 20.2 Å². The fraction of sp³-hybridized carbons (Fsp3) is 0.0476. The van der Waals surface area contributed by atoms with Crippen LogP contribution in [0.2, 0.25) is 10.0 Å². The lowest BCUT2D eigenvalue weighted by Gasteiger charge is -2.12. The number of thiophene rings is 1. The van der Waals surface area contributed by atoms with Crippen LogP contribution in [0.15, 0.2) is 59.2 Å². The number of carbonyl (C=O) groups excluding carboxylic acids is 2. The molecule has 0 saturated heterocycles. The van der Waals surface area contributed by atoms with E-state index in [2.05, 4.69) is 10.6 Å². The number of rotatable bonds is 5. The molecule has 0 aliphatic heterocycles. The molecule has 4 aromatic rings. The fourth-order valence-electron chi connectivity index (χ4n) is 2.84. The third kappa shape index (κ3) is 4.00. The molecular weight excluding hydrogens is 447 g/mol. The number of hydrogen-bond acceptors (Lipinski definition) is 5. The molecule has 0 fully saturated rings. The Morgan fingerprint density at radius 2 is 1.87 bits per heavy atom. The maximum absolute atomic E-state index is 12.8. The molecule has 0 atom stereocenters. The molecule has 30 heavy (non-hydrogen) atoms. The van der Waals surface area contributed by atoms with Gasteiger partial charge in [-0.25, -0.2) is 0 Å². The van der Waals surface area contributed by atoms with E-state index in [9.17, 15) is 9.59 Å². The first-order chi connectivity index (χ1) is 14.5. The molecule has 2 heterocycles. The summed E-state index contributed by atoms with van der Waals surface area (Å²) in [6.45, 7) is 0. The quantitative estimate of drug-likeness (QED) is 0.365. The molecular formula is C21H14Cl2N2O4S. The van der Waals surface area contributed by atoms with Gasteiger partial charge in [0.15, 0.2) is 5.76 Å². The van der Waals surface area contributed by atoms with Crippen LogP contribution in [0.4, 0.5) is 11.4 Å². The summed E-state index contributed by atoms with van der Waals surface area (Å²) >= 11 is 13.7. The molecule has 0 unspecified atom stereocenters. The van der Waals surface area contributed by atoms with Gasteiger partial charge in [-0.2, -0.15) is 0 Å². The predicted molar refractivity (Wildman–Crippen MR) is 119 cm³/mol. The van der Waals surface area contributed by atoms with Gasteiger partial charge >= 0.3 is 0 Å². The second-order valence-corrected chi connectivity index (χ2v) is 8.05. The Hall–Kier alpha value is -3.00. The minimum atomic E-state index is -0.411. The van der Waals surface area contributed by atoms with Crippen molar-refractivity contribution in [3.8, 4) is 5.75 Å². The van der Waals surface area contributed by atoms with Crippen LogP contribution in [-0.4, -0.2) is 18.9 Å². The lowest BCUT2D eigenvalue weighted by molar-refractivity contribution is 0.0994. The molecule has 0 aliphatic rings. The monoisotopic (exact) mass is 460 g/mol. The zero-order valence-electron chi connectivity index (χ0n) is 15.5. The van der Waals surface area contributed by atoms with Crippen LogP contribution in [0, 0.1) is 0 Å². The summed E-state index contributed by atoms with van der Waals surface area (Å²) in [6.07, 6.45) is 1.41. The standard InChI is InChI=1S/C21H14Cl2N2O4S/c1-28-16-10-12(5-7-14(16)25-20(26)15-3-2-8-29-15)24-21(27)19-18(23)13-6-4-11(22)9-17(13)30-19/h2-10H,1H3,(H,24,27)(H,25,26). The van der Waals surface area contributed by atoms with Crippen LogP contribution < -0.4 is 15.4 Å². The highest BCUT2D eigenvalue weighted by atomic mass is 35.5. The van der Waals surface area contributed by atoms with Crippen LogP contribution in [0.25, 0.3) is 10.1 Å². The summed E-state index contributed by atoms with van der Waals surface area (Å²) in [5.74, 6) is -0.214. The van der Waals surface area contributed by atoms with Gasteiger partial charge in [-0.3, -0.25) is 9.59 Å². The van der Waals surface area contributed by atoms with Crippen molar-refractivity contribution in [2.45, 2.75) is 0 Å². The first-order valence-electron chi connectivity index (χ1n) is 8.68. The molecule has 2 amide bonds. The summed E-state index contributed by atoms with van der Waals surface area (Å²) in [5.41, 5.74) is 0.922. The lowest BCUT2D eigenvalue weighted by Crippen LogP contribution is -2.13. The molecule has 0 aliphatic carbocycles. The van der Waals surface area contributed by atoms with Gasteiger partial charge in [0.25, 0.3) is 11.8 Å². The Bertz CT molecular complexity index is 1250. The predicted octanol–water partition coefficient (Wildman–Crippen LogP) is 6.31. The van der Waals surface area contributed by atoms with Crippen LogP contribution in [0.5, 0.6) is 5.75 Å². The minimum Gasteiger partial charge on any atom is -0.494 e. The maximum Gasteiger partial charge on any atom is 0.291 e. The number of ether oxygens (including phenoxy) is 1. The Morgan fingerprint density at radius 3 is 2.60 bits per heavy atom. The second-order valence-electron chi connectivity index (χ2n) is 6.19. The summed E-state index contributed by atoms with van der Waals surface area (Å²) in [4.78, 5) is 25.3. The van der Waals surface area contributed by atoms with Gasteiger partial charge in [0.05, 0.1) is 24.1 Å². The van der Waals surface area contributed by atoms with Gasteiger partial charge in [-0.05, 0) is 36.4 Å². The summed E-state index contributed by atoms with van der Waals surface area (Å²) < 4.78 is 11.2. The fourth-order valence-corrected chi connectivity index (χ4v) is 4.53. The normalized spacial score (nSPS) is 10.8. The van der Waals surface area contributed by atoms with Gasteiger partial charge in [0, 0.05) is 26.9 Å². The van der Waals surface area contributed by atoms with E-state index in [0.717, 1.165) is 10.1 Å². The Balaban J connectivity index is 1.55. The van der Waals surface area contributed by atoms with E-state index in [-0.39, 0.29) is 11.7 Å². The minimum absolute atomic E-state index is 0.175. The van der Waals surface area contributed by atoms with Crippen LogP contribution in [-0.2, 0) is 0 Å². The molecule has 2 N–H and O–H groups in total. The van der Waals surface area contributed by atoms with Crippen molar-refractivity contribution in [2.75, 3.05) is 17.7 Å². The Morgan fingerprint density at radius 1 is 1.03 bits per heavy atom. The maximum atomic E-state index is 12.8. The number of methoxy groups -OCH3 is 1. The van der Waals surface area contributed by atoms with E-state index in [0.29, 0.717) is 32.0 Å². The molecule has 4 rings (SSSR count). The van der Waals surface area contributed by atoms with E-state index in [1.807, 2.05) is 0 Å². The van der Waals surface area contributed by atoms with Gasteiger partial charge in [0.1, 0.15) is 10.6 Å². The Kier molecular flexibility index (Phi) is 5.67. The molecule has 152 valence electrons.